The van der Waals surface area contributed by atoms with Crippen molar-refractivity contribution < 1.29 is 9.53 Å². The van der Waals surface area contributed by atoms with Gasteiger partial charge in [0.1, 0.15) is 6.10 Å². The number of hydrogen-bond donors (Lipinski definition) is 1. The molecule has 3 heteroatoms. The van der Waals surface area contributed by atoms with E-state index in [0.717, 1.165) is 31.3 Å². The lowest BCUT2D eigenvalue weighted by Crippen LogP contribution is -2.48. The van der Waals surface area contributed by atoms with Crippen LogP contribution in [0.2, 0.25) is 0 Å². The molecule has 98 valence electrons. The molecule has 1 aliphatic heterocycles. The summed E-state index contributed by atoms with van der Waals surface area (Å²) in [5.74, 6) is 0.383. The van der Waals surface area contributed by atoms with E-state index < -0.39 is 0 Å². The summed E-state index contributed by atoms with van der Waals surface area (Å²) in [6, 6.07) is 0.117. The lowest BCUT2D eigenvalue weighted by atomic mass is 9.55. The number of carbonyl (C=O) groups excluding carboxylic acids is 1. The molecule has 2 N–H and O–H groups in total. The first-order valence-electron chi connectivity index (χ1n) is 6.76. The Morgan fingerprint density at radius 3 is 2.89 bits per heavy atom. The Morgan fingerprint density at radius 1 is 1.44 bits per heavy atom. The summed E-state index contributed by atoms with van der Waals surface area (Å²) in [4.78, 5) is 11.6. The number of carbonyl (C=O) groups is 1. The van der Waals surface area contributed by atoms with Crippen molar-refractivity contribution in [3.63, 3.8) is 0 Å². The minimum atomic E-state index is -0.206. The second kappa shape index (κ2) is 3.70. The Balaban J connectivity index is 1.91. The third-order valence-corrected chi connectivity index (χ3v) is 5.37. The van der Waals surface area contributed by atoms with Gasteiger partial charge in [-0.3, -0.25) is 0 Å². The lowest BCUT2D eigenvalue weighted by molar-refractivity contribution is -0.142. The van der Waals surface area contributed by atoms with E-state index in [1.807, 2.05) is 0 Å². The SMILES string of the molecule is C=C1C(=O)O[C@@H]2C[C@@]3(C)CC[C@@H](N)C(=C)[C@@H]3C[C@H]12. The molecule has 0 radical (unpaired) electrons. The maximum Gasteiger partial charge on any atom is 0.334 e. The lowest BCUT2D eigenvalue weighted by Gasteiger charge is -2.51. The number of fused-ring (bicyclic) bond motifs is 2. The highest BCUT2D eigenvalue weighted by atomic mass is 16.6. The van der Waals surface area contributed by atoms with Gasteiger partial charge < -0.3 is 10.5 Å². The summed E-state index contributed by atoms with van der Waals surface area (Å²) in [5.41, 5.74) is 8.13. The number of nitrogens with two attached hydrogens (primary N) is 1. The maximum atomic E-state index is 11.6. The van der Waals surface area contributed by atoms with Crippen LogP contribution in [0.15, 0.2) is 24.3 Å². The van der Waals surface area contributed by atoms with Gasteiger partial charge in [0.15, 0.2) is 0 Å². The topological polar surface area (TPSA) is 52.3 Å². The maximum absolute atomic E-state index is 11.6. The average Bonchev–Trinajstić information content (AvgIpc) is 2.58. The van der Waals surface area contributed by atoms with Crippen LogP contribution < -0.4 is 5.73 Å². The van der Waals surface area contributed by atoms with Crippen LogP contribution in [0, 0.1) is 17.3 Å². The van der Waals surface area contributed by atoms with Gasteiger partial charge in [-0.2, -0.15) is 0 Å². The molecular weight excluding hydrogens is 226 g/mol. The highest BCUT2D eigenvalue weighted by Crippen LogP contribution is 2.56. The quantitative estimate of drug-likeness (QED) is 0.405. The fraction of sp³-hybridized carbons (Fsp3) is 0.667. The van der Waals surface area contributed by atoms with Gasteiger partial charge in [0.25, 0.3) is 0 Å². The molecular formula is C15H21NO2. The minimum absolute atomic E-state index is 0.0355. The third kappa shape index (κ3) is 1.50. The van der Waals surface area contributed by atoms with Crippen molar-refractivity contribution in [2.45, 2.75) is 44.8 Å². The van der Waals surface area contributed by atoms with E-state index in [1.165, 1.54) is 0 Å². The van der Waals surface area contributed by atoms with Gasteiger partial charge in [0.05, 0.1) is 0 Å². The number of ether oxygens (including phenoxy) is 1. The Hall–Kier alpha value is -1.09. The average molecular weight is 247 g/mol. The van der Waals surface area contributed by atoms with Gasteiger partial charge in [-0.25, -0.2) is 4.79 Å². The van der Waals surface area contributed by atoms with Gasteiger partial charge in [-0.05, 0) is 37.0 Å². The molecule has 2 aliphatic carbocycles. The molecule has 1 heterocycles. The van der Waals surface area contributed by atoms with Crippen molar-refractivity contribution in [1.82, 2.24) is 0 Å². The van der Waals surface area contributed by atoms with Crippen molar-refractivity contribution >= 4 is 5.97 Å². The van der Waals surface area contributed by atoms with Gasteiger partial charge in [0.2, 0.25) is 0 Å². The summed E-state index contributed by atoms with van der Waals surface area (Å²) >= 11 is 0. The first-order chi connectivity index (χ1) is 8.42. The van der Waals surface area contributed by atoms with Crippen LogP contribution in [-0.2, 0) is 9.53 Å². The predicted molar refractivity (Wildman–Crippen MR) is 69.7 cm³/mol. The Kier molecular flexibility index (Phi) is 2.46. The highest BCUT2D eigenvalue weighted by molar-refractivity contribution is 5.90. The molecule has 5 atom stereocenters. The minimum Gasteiger partial charge on any atom is -0.458 e. The van der Waals surface area contributed by atoms with Gasteiger partial charge in [0, 0.05) is 17.5 Å². The zero-order valence-electron chi connectivity index (χ0n) is 10.9. The van der Waals surface area contributed by atoms with Crippen molar-refractivity contribution in [2.75, 3.05) is 0 Å². The van der Waals surface area contributed by atoms with E-state index in [9.17, 15) is 4.79 Å². The molecule has 3 nitrogen and oxygen atoms in total. The molecule has 0 amide bonds. The molecule has 3 rings (SSSR count). The Bertz CT molecular complexity index is 442. The fourth-order valence-corrected chi connectivity index (χ4v) is 4.09. The smallest absolute Gasteiger partial charge is 0.334 e. The van der Waals surface area contributed by atoms with Crippen molar-refractivity contribution in [3.8, 4) is 0 Å². The van der Waals surface area contributed by atoms with Crippen LogP contribution in [0.25, 0.3) is 0 Å². The zero-order valence-corrected chi connectivity index (χ0v) is 10.9. The molecule has 3 fully saturated rings. The first kappa shape index (κ1) is 12.0. The summed E-state index contributed by atoms with van der Waals surface area (Å²) in [6.45, 7) is 10.4. The van der Waals surface area contributed by atoms with Crippen molar-refractivity contribution in [2.24, 2.45) is 23.0 Å². The Labute approximate surface area is 108 Å². The summed E-state index contributed by atoms with van der Waals surface area (Å²) in [5, 5.41) is 0. The van der Waals surface area contributed by atoms with Crippen molar-refractivity contribution in [1.29, 1.82) is 0 Å². The molecule has 18 heavy (non-hydrogen) atoms. The summed E-state index contributed by atoms with van der Waals surface area (Å²) in [7, 11) is 0. The largest absolute Gasteiger partial charge is 0.458 e. The van der Waals surface area contributed by atoms with E-state index >= 15 is 0 Å². The molecule has 0 aromatic heterocycles. The van der Waals surface area contributed by atoms with Crippen LogP contribution in [0.3, 0.4) is 0 Å². The van der Waals surface area contributed by atoms with E-state index in [2.05, 4.69) is 20.1 Å². The molecule has 0 aromatic carbocycles. The number of rotatable bonds is 0. The van der Waals surface area contributed by atoms with E-state index in [4.69, 9.17) is 10.5 Å². The molecule has 0 bridgehead atoms. The van der Waals surface area contributed by atoms with Crippen LogP contribution in [0.4, 0.5) is 0 Å². The molecule has 2 saturated carbocycles. The second-order valence-electron chi connectivity index (χ2n) is 6.44. The van der Waals surface area contributed by atoms with Gasteiger partial charge >= 0.3 is 5.97 Å². The van der Waals surface area contributed by atoms with Crippen LogP contribution in [0.5, 0.6) is 0 Å². The molecule has 0 spiro atoms. The predicted octanol–water partition coefficient (Wildman–Crippen LogP) is 2.18. The monoisotopic (exact) mass is 247 g/mol. The fourth-order valence-electron chi connectivity index (χ4n) is 4.09. The summed E-state index contributed by atoms with van der Waals surface area (Å²) < 4.78 is 5.45. The molecule has 0 aromatic rings. The van der Waals surface area contributed by atoms with Gasteiger partial charge in [-0.15, -0.1) is 0 Å². The number of hydrogen-bond acceptors (Lipinski definition) is 3. The zero-order chi connectivity index (χ0) is 13.1. The van der Waals surface area contributed by atoms with E-state index in [-0.39, 0.29) is 29.4 Å². The highest BCUT2D eigenvalue weighted by Gasteiger charge is 2.53. The Morgan fingerprint density at radius 2 is 2.17 bits per heavy atom. The van der Waals surface area contributed by atoms with Crippen LogP contribution in [0.1, 0.15) is 32.6 Å². The standard InChI is InChI=1S/C15H21NO2/c1-8-10-6-11-9(2)12(16)4-5-15(11,3)7-13(10)18-14(8)17/h10-13H,1-2,4-7,16H2,3H3/t10-,11+,12-,13-,15-/m1/s1. The summed E-state index contributed by atoms with van der Waals surface area (Å²) in [6.07, 6.45) is 3.99. The number of esters is 1. The van der Waals surface area contributed by atoms with E-state index in [0.29, 0.717) is 11.5 Å². The van der Waals surface area contributed by atoms with Crippen LogP contribution in [-0.4, -0.2) is 18.1 Å². The normalized spacial score (nSPS) is 47.6. The molecule has 1 saturated heterocycles. The van der Waals surface area contributed by atoms with E-state index in [1.54, 1.807) is 0 Å². The first-order valence-corrected chi connectivity index (χ1v) is 6.76. The van der Waals surface area contributed by atoms with Crippen molar-refractivity contribution in [3.05, 3.63) is 24.3 Å². The van der Waals surface area contributed by atoms with Crippen LogP contribution >= 0.6 is 0 Å². The third-order valence-electron chi connectivity index (χ3n) is 5.37. The van der Waals surface area contributed by atoms with Gasteiger partial charge in [-0.1, -0.05) is 25.7 Å². The second-order valence-corrected chi connectivity index (χ2v) is 6.44. The molecule has 0 unspecified atom stereocenters. The molecule has 3 aliphatic rings.